The number of carbonyl (C=O) groups excluding carboxylic acids is 3. The molecule has 11 nitrogen and oxygen atoms in total. The molecule has 1 aliphatic heterocycles. The van der Waals surface area contributed by atoms with Gasteiger partial charge < -0.3 is 15.0 Å². The van der Waals surface area contributed by atoms with Crippen LogP contribution in [0.15, 0.2) is 53.4 Å². The summed E-state index contributed by atoms with van der Waals surface area (Å²) in [6, 6.07) is 10.8. The minimum absolute atomic E-state index is 0.109. The number of hydroxylamine groups is 1. The number of hydrogen-bond acceptors (Lipinski definition) is 7. The SMILES string of the molecule is CC#CCOc1ccc(S(=O)(=O)N2Cc3ccccc3N(C(=O)CNC(C)=O)CC2C(=O)NO)cc1. The van der Waals surface area contributed by atoms with Crippen LogP contribution in [-0.4, -0.2) is 61.4 Å². The maximum Gasteiger partial charge on any atom is 0.263 e. The van der Waals surface area contributed by atoms with Gasteiger partial charge in [-0.1, -0.05) is 24.1 Å². The Morgan fingerprint density at radius 3 is 2.47 bits per heavy atom. The highest BCUT2D eigenvalue weighted by molar-refractivity contribution is 7.89. The van der Waals surface area contributed by atoms with E-state index in [1.54, 1.807) is 31.2 Å². The quantitative estimate of drug-likeness (QED) is 0.279. The van der Waals surface area contributed by atoms with Gasteiger partial charge in [0.1, 0.15) is 18.4 Å². The number of nitrogens with one attached hydrogen (secondary N) is 2. The van der Waals surface area contributed by atoms with E-state index < -0.39 is 40.3 Å². The van der Waals surface area contributed by atoms with Crippen molar-refractivity contribution in [2.24, 2.45) is 0 Å². The van der Waals surface area contributed by atoms with Gasteiger partial charge in [0.15, 0.2) is 0 Å². The average Bonchev–Trinajstić information content (AvgIpc) is 3.05. The monoisotopic (exact) mass is 514 g/mol. The Morgan fingerprint density at radius 1 is 1.14 bits per heavy atom. The molecule has 0 bridgehead atoms. The molecule has 1 atom stereocenters. The highest BCUT2D eigenvalue weighted by atomic mass is 32.2. The zero-order valence-electron chi connectivity index (χ0n) is 19.7. The molecule has 36 heavy (non-hydrogen) atoms. The van der Waals surface area contributed by atoms with Crippen LogP contribution in [0.2, 0.25) is 0 Å². The van der Waals surface area contributed by atoms with Gasteiger partial charge in [0.2, 0.25) is 21.8 Å². The second kappa shape index (κ2) is 11.7. The summed E-state index contributed by atoms with van der Waals surface area (Å²) in [5.74, 6) is 3.86. The minimum atomic E-state index is -4.28. The van der Waals surface area contributed by atoms with Crippen molar-refractivity contribution in [1.82, 2.24) is 15.1 Å². The molecule has 1 aliphatic rings. The molecule has 3 rings (SSSR count). The summed E-state index contributed by atoms with van der Waals surface area (Å²) in [6.07, 6.45) is 0. The lowest BCUT2D eigenvalue weighted by atomic mass is 10.1. The Morgan fingerprint density at radius 2 is 1.83 bits per heavy atom. The van der Waals surface area contributed by atoms with Crippen LogP contribution in [0.5, 0.6) is 5.75 Å². The number of sulfonamides is 1. The molecule has 0 aliphatic carbocycles. The molecule has 0 aromatic heterocycles. The number of ether oxygens (including phenoxy) is 1. The molecule has 0 spiro atoms. The molecular formula is C24H26N4O7S. The Hall–Kier alpha value is -3.92. The summed E-state index contributed by atoms with van der Waals surface area (Å²) < 4.78 is 33.7. The first-order valence-corrected chi connectivity index (χ1v) is 12.3. The number of nitrogens with zero attached hydrogens (tertiary/aromatic N) is 2. The topological polar surface area (TPSA) is 145 Å². The number of carbonyl (C=O) groups is 3. The van der Waals surface area contributed by atoms with Gasteiger partial charge in [-0.3, -0.25) is 19.6 Å². The molecule has 2 aromatic rings. The molecular weight excluding hydrogens is 488 g/mol. The Labute approximate surface area is 209 Å². The van der Waals surface area contributed by atoms with E-state index >= 15 is 0 Å². The van der Waals surface area contributed by atoms with Crippen LogP contribution >= 0.6 is 0 Å². The molecule has 2 aromatic carbocycles. The van der Waals surface area contributed by atoms with Crippen molar-refractivity contribution in [2.45, 2.75) is 31.3 Å². The fourth-order valence-electron chi connectivity index (χ4n) is 3.66. The lowest BCUT2D eigenvalue weighted by Gasteiger charge is -2.29. The second-order valence-electron chi connectivity index (χ2n) is 7.77. The first-order valence-electron chi connectivity index (χ1n) is 10.9. The third-order valence-electron chi connectivity index (χ3n) is 5.43. The smallest absolute Gasteiger partial charge is 0.263 e. The first-order chi connectivity index (χ1) is 17.2. The van der Waals surface area contributed by atoms with Gasteiger partial charge in [0, 0.05) is 19.2 Å². The summed E-state index contributed by atoms with van der Waals surface area (Å²) in [6.45, 7) is 2.09. The van der Waals surface area contributed by atoms with Crippen LogP contribution in [0.25, 0.3) is 0 Å². The van der Waals surface area contributed by atoms with E-state index in [0.717, 1.165) is 4.31 Å². The van der Waals surface area contributed by atoms with Crippen molar-refractivity contribution in [3.05, 3.63) is 54.1 Å². The van der Waals surface area contributed by atoms with Crippen LogP contribution in [0.1, 0.15) is 19.4 Å². The molecule has 0 saturated carbocycles. The fourth-order valence-corrected chi connectivity index (χ4v) is 5.21. The molecule has 1 unspecified atom stereocenters. The number of benzene rings is 2. The van der Waals surface area contributed by atoms with Crippen molar-refractivity contribution in [3.63, 3.8) is 0 Å². The third-order valence-corrected chi connectivity index (χ3v) is 7.30. The van der Waals surface area contributed by atoms with Crippen LogP contribution in [-0.2, 0) is 31.0 Å². The van der Waals surface area contributed by atoms with Crippen molar-refractivity contribution < 1.29 is 32.7 Å². The van der Waals surface area contributed by atoms with Gasteiger partial charge in [-0.15, -0.1) is 5.92 Å². The van der Waals surface area contributed by atoms with Gasteiger partial charge in [-0.05, 0) is 42.8 Å². The van der Waals surface area contributed by atoms with Crippen molar-refractivity contribution >= 4 is 33.4 Å². The maximum absolute atomic E-state index is 13.7. The highest BCUT2D eigenvalue weighted by Gasteiger charge is 2.41. The first kappa shape index (κ1) is 26.7. The summed E-state index contributed by atoms with van der Waals surface area (Å²) in [5, 5.41) is 11.8. The second-order valence-corrected chi connectivity index (χ2v) is 9.66. The van der Waals surface area contributed by atoms with Crippen LogP contribution < -0.4 is 20.4 Å². The Balaban J connectivity index is 2.01. The Bertz CT molecular complexity index is 1300. The van der Waals surface area contributed by atoms with E-state index in [0.29, 0.717) is 17.0 Å². The molecule has 3 amide bonds. The molecule has 1 heterocycles. The number of amides is 3. The van der Waals surface area contributed by atoms with Gasteiger partial charge >= 0.3 is 0 Å². The maximum atomic E-state index is 13.7. The van der Waals surface area contributed by atoms with Crippen LogP contribution in [0.4, 0.5) is 5.69 Å². The van der Waals surface area contributed by atoms with Gasteiger partial charge in [-0.2, -0.15) is 4.31 Å². The molecule has 0 fully saturated rings. The molecule has 0 radical (unpaired) electrons. The number of hydrogen-bond donors (Lipinski definition) is 3. The minimum Gasteiger partial charge on any atom is -0.481 e. The zero-order chi connectivity index (χ0) is 26.3. The third kappa shape index (κ3) is 6.01. The molecule has 12 heteroatoms. The summed E-state index contributed by atoms with van der Waals surface area (Å²) in [7, 11) is -4.28. The number of fused-ring (bicyclic) bond motifs is 1. The average molecular weight is 515 g/mol. The molecule has 190 valence electrons. The van der Waals surface area contributed by atoms with E-state index in [4.69, 9.17) is 4.74 Å². The van der Waals surface area contributed by atoms with Gasteiger partial charge in [0.25, 0.3) is 5.91 Å². The van der Waals surface area contributed by atoms with Gasteiger partial charge in [0.05, 0.1) is 18.0 Å². The van der Waals surface area contributed by atoms with E-state index in [2.05, 4.69) is 17.2 Å². The standard InChI is InChI=1S/C24H26N4O7S/c1-3-4-13-35-19-9-11-20(12-10-19)36(33,34)28-15-18-7-5-6-8-21(18)27(16-22(28)24(31)26-32)23(30)14-25-17(2)29/h5-12,22,32H,13-16H2,1-2H3,(H,25,29)(H,26,31). The van der Waals surface area contributed by atoms with Crippen molar-refractivity contribution in [2.75, 3.05) is 24.6 Å². The van der Waals surface area contributed by atoms with Gasteiger partial charge in [-0.25, -0.2) is 13.9 Å². The summed E-state index contributed by atoms with van der Waals surface area (Å²) in [5.41, 5.74) is 2.36. The van der Waals surface area contributed by atoms with Crippen LogP contribution in [0.3, 0.4) is 0 Å². The predicted molar refractivity (Wildman–Crippen MR) is 129 cm³/mol. The summed E-state index contributed by atoms with van der Waals surface area (Å²) >= 11 is 0. The lowest BCUT2D eigenvalue weighted by molar-refractivity contribution is -0.133. The van der Waals surface area contributed by atoms with Crippen molar-refractivity contribution in [1.29, 1.82) is 0 Å². The summed E-state index contributed by atoms with van der Waals surface area (Å²) in [4.78, 5) is 38.1. The fraction of sp³-hybridized carbons (Fsp3) is 0.292. The van der Waals surface area contributed by atoms with E-state index in [1.165, 1.54) is 41.6 Å². The van der Waals surface area contributed by atoms with E-state index in [1.807, 2.05) is 0 Å². The number of anilines is 1. The normalized spacial score (nSPS) is 15.5. The zero-order valence-corrected chi connectivity index (χ0v) is 20.5. The predicted octanol–water partition coefficient (Wildman–Crippen LogP) is 0.636. The largest absolute Gasteiger partial charge is 0.481 e. The van der Waals surface area contributed by atoms with E-state index in [9.17, 15) is 28.0 Å². The van der Waals surface area contributed by atoms with E-state index in [-0.39, 0.29) is 24.6 Å². The Kier molecular flexibility index (Phi) is 8.65. The van der Waals surface area contributed by atoms with Crippen molar-refractivity contribution in [3.8, 4) is 17.6 Å². The lowest BCUT2D eigenvalue weighted by Crippen LogP contribution is -2.54. The molecule has 0 saturated heterocycles. The highest BCUT2D eigenvalue weighted by Crippen LogP contribution is 2.31. The van der Waals surface area contributed by atoms with Crippen LogP contribution in [0, 0.1) is 11.8 Å². The number of para-hydroxylation sites is 1. The number of rotatable bonds is 7. The molecule has 3 N–H and O–H groups in total.